The van der Waals surface area contributed by atoms with Gasteiger partial charge in [-0.1, -0.05) is 0 Å². The van der Waals surface area contributed by atoms with E-state index in [1.54, 1.807) is 12.4 Å². The van der Waals surface area contributed by atoms with Gasteiger partial charge in [-0.15, -0.1) is 11.3 Å². The van der Waals surface area contributed by atoms with Crippen molar-refractivity contribution in [3.8, 4) is 10.6 Å². The lowest BCUT2D eigenvalue weighted by atomic mass is 10.2. The van der Waals surface area contributed by atoms with Crippen molar-refractivity contribution in [1.82, 2.24) is 15.3 Å². The molecule has 0 saturated carbocycles. The van der Waals surface area contributed by atoms with Crippen LogP contribution in [0.3, 0.4) is 0 Å². The van der Waals surface area contributed by atoms with Gasteiger partial charge in [0, 0.05) is 41.9 Å². The first-order chi connectivity index (χ1) is 11.6. The van der Waals surface area contributed by atoms with Gasteiger partial charge in [0.15, 0.2) is 11.6 Å². The van der Waals surface area contributed by atoms with Crippen molar-refractivity contribution in [2.45, 2.75) is 6.42 Å². The van der Waals surface area contributed by atoms with E-state index in [1.807, 2.05) is 17.5 Å². The zero-order valence-electron chi connectivity index (χ0n) is 12.5. The van der Waals surface area contributed by atoms with Crippen molar-refractivity contribution in [2.75, 3.05) is 6.54 Å². The van der Waals surface area contributed by atoms with Crippen molar-refractivity contribution < 1.29 is 13.6 Å². The number of aromatic nitrogens is 2. The molecule has 1 amide bonds. The van der Waals surface area contributed by atoms with Gasteiger partial charge in [0.05, 0.1) is 5.69 Å². The third-order valence-electron chi connectivity index (χ3n) is 3.33. The van der Waals surface area contributed by atoms with Gasteiger partial charge < -0.3 is 5.32 Å². The summed E-state index contributed by atoms with van der Waals surface area (Å²) in [7, 11) is 0. The van der Waals surface area contributed by atoms with E-state index >= 15 is 0 Å². The number of nitrogens with zero attached hydrogens (tertiary/aromatic N) is 2. The fourth-order valence-electron chi connectivity index (χ4n) is 2.09. The minimum Gasteiger partial charge on any atom is -0.352 e. The van der Waals surface area contributed by atoms with Gasteiger partial charge in [0.1, 0.15) is 5.01 Å². The number of halogens is 2. The van der Waals surface area contributed by atoms with Crippen molar-refractivity contribution in [1.29, 1.82) is 0 Å². The van der Waals surface area contributed by atoms with Crippen molar-refractivity contribution in [2.24, 2.45) is 0 Å². The Hall–Kier alpha value is -2.67. The van der Waals surface area contributed by atoms with Crippen LogP contribution >= 0.6 is 11.3 Å². The monoisotopic (exact) mass is 345 g/mol. The lowest BCUT2D eigenvalue weighted by Crippen LogP contribution is -2.25. The molecule has 7 heteroatoms. The normalized spacial score (nSPS) is 10.6. The SMILES string of the molecule is O=C(NCCc1csc(-c2ccncc2)n1)c1ccc(F)c(F)c1. The molecule has 2 heterocycles. The summed E-state index contributed by atoms with van der Waals surface area (Å²) in [4.78, 5) is 20.4. The van der Waals surface area contributed by atoms with Crippen LogP contribution in [0.25, 0.3) is 10.6 Å². The minimum absolute atomic E-state index is 0.0876. The summed E-state index contributed by atoms with van der Waals surface area (Å²) in [6, 6.07) is 6.83. The van der Waals surface area contributed by atoms with Crippen LogP contribution in [0.5, 0.6) is 0 Å². The highest BCUT2D eigenvalue weighted by Gasteiger charge is 2.10. The first-order valence-electron chi connectivity index (χ1n) is 7.21. The lowest BCUT2D eigenvalue weighted by molar-refractivity contribution is 0.0953. The van der Waals surface area contributed by atoms with E-state index in [-0.39, 0.29) is 5.56 Å². The van der Waals surface area contributed by atoms with Gasteiger partial charge in [-0.3, -0.25) is 9.78 Å². The smallest absolute Gasteiger partial charge is 0.251 e. The summed E-state index contributed by atoms with van der Waals surface area (Å²) in [5.41, 5.74) is 1.94. The van der Waals surface area contributed by atoms with E-state index in [0.717, 1.165) is 28.4 Å². The Labute approximate surface area is 141 Å². The molecule has 1 N–H and O–H groups in total. The fourth-order valence-corrected chi connectivity index (χ4v) is 2.95. The predicted octanol–water partition coefficient (Wildman–Crippen LogP) is 3.46. The predicted molar refractivity (Wildman–Crippen MR) is 87.7 cm³/mol. The summed E-state index contributed by atoms with van der Waals surface area (Å²) >= 11 is 1.52. The number of thiazole rings is 1. The van der Waals surface area contributed by atoms with Crippen LogP contribution in [-0.4, -0.2) is 22.4 Å². The van der Waals surface area contributed by atoms with Crippen LogP contribution in [0.2, 0.25) is 0 Å². The Morgan fingerprint density at radius 3 is 2.67 bits per heavy atom. The third kappa shape index (κ3) is 3.80. The Morgan fingerprint density at radius 2 is 1.92 bits per heavy atom. The molecule has 0 aliphatic rings. The van der Waals surface area contributed by atoms with E-state index in [9.17, 15) is 13.6 Å². The Balaban J connectivity index is 1.56. The maximum atomic E-state index is 13.1. The molecule has 0 aliphatic heterocycles. The molecular formula is C17H13F2N3OS. The van der Waals surface area contributed by atoms with Gasteiger partial charge >= 0.3 is 0 Å². The second kappa shape index (κ2) is 7.27. The van der Waals surface area contributed by atoms with Gasteiger partial charge in [-0.25, -0.2) is 13.8 Å². The molecule has 24 heavy (non-hydrogen) atoms. The molecule has 1 aromatic carbocycles. The van der Waals surface area contributed by atoms with Crippen molar-refractivity contribution in [3.63, 3.8) is 0 Å². The third-order valence-corrected chi connectivity index (χ3v) is 4.27. The molecule has 0 saturated heterocycles. The Bertz CT molecular complexity index is 852. The number of carbonyl (C=O) groups excluding carboxylic acids is 1. The molecule has 0 radical (unpaired) electrons. The first-order valence-corrected chi connectivity index (χ1v) is 8.09. The second-order valence-corrected chi connectivity index (χ2v) is 5.87. The summed E-state index contributed by atoms with van der Waals surface area (Å²) in [5.74, 6) is -2.46. The number of hydrogen-bond donors (Lipinski definition) is 1. The van der Waals surface area contributed by atoms with Crippen LogP contribution in [0.15, 0.2) is 48.1 Å². The van der Waals surface area contributed by atoms with Crippen LogP contribution in [0.1, 0.15) is 16.1 Å². The first kappa shape index (κ1) is 16.2. The molecule has 3 rings (SSSR count). The molecule has 0 bridgehead atoms. The molecule has 0 unspecified atom stereocenters. The number of rotatable bonds is 5. The number of pyridine rings is 1. The molecule has 3 aromatic rings. The van der Waals surface area contributed by atoms with Crippen LogP contribution in [0, 0.1) is 11.6 Å². The van der Waals surface area contributed by atoms with E-state index < -0.39 is 17.5 Å². The van der Waals surface area contributed by atoms with Crippen LogP contribution in [0.4, 0.5) is 8.78 Å². The quantitative estimate of drug-likeness (QED) is 0.770. The molecule has 0 aliphatic carbocycles. The van der Waals surface area contributed by atoms with Gasteiger partial charge in [0.2, 0.25) is 0 Å². The maximum absolute atomic E-state index is 13.1. The zero-order valence-corrected chi connectivity index (χ0v) is 13.3. The minimum atomic E-state index is -1.04. The molecule has 0 spiro atoms. The fraction of sp³-hybridized carbons (Fsp3) is 0.118. The van der Waals surface area contributed by atoms with Gasteiger partial charge in [0.25, 0.3) is 5.91 Å². The topological polar surface area (TPSA) is 54.9 Å². The maximum Gasteiger partial charge on any atom is 0.251 e. The number of benzene rings is 1. The number of nitrogens with one attached hydrogen (secondary N) is 1. The van der Waals surface area contributed by atoms with E-state index in [1.165, 1.54) is 17.4 Å². The lowest BCUT2D eigenvalue weighted by Gasteiger charge is -2.04. The molecular weight excluding hydrogens is 332 g/mol. The number of carbonyl (C=O) groups is 1. The summed E-state index contributed by atoms with van der Waals surface area (Å²) in [6.07, 6.45) is 3.97. The van der Waals surface area contributed by atoms with E-state index in [2.05, 4.69) is 15.3 Å². The molecule has 2 aromatic heterocycles. The van der Waals surface area contributed by atoms with Crippen LogP contribution < -0.4 is 5.32 Å². The van der Waals surface area contributed by atoms with Crippen LogP contribution in [-0.2, 0) is 6.42 Å². The Morgan fingerprint density at radius 1 is 1.12 bits per heavy atom. The number of hydrogen-bond acceptors (Lipinski definition) is 4. The zero-order chi connectivity index (χ0) is 16.9. The Kier molecular flexibility index (Phi) is 4.90. The standard InChI is InChI=1S/C17H13F2N3OS/c18-14-2-1-12(9-15(14)19)16(23)21-8-5-13-10-24-17(22-13)11-3-6-20-7-4-11/h1-4,6-7,9-10H,5,8H2,(H,21,23). The molecule has 0 fully saturated rings. The average Bonchev–Trinajstić information content (AvgIpc) is 3.07. The summed E-state index contributed by atoms with van der Waals surface area (Å²) < 4.78 is 26.0. The largest absolute Gasteiger partial charge is 0.352 e. The highest BCUT2D eigenvalue weighted by molar-refractivity contribution is 7.13. The molecule has 4 nitrogen and oxygen atoms in total. The molecule has 0 atom stereocenters. The highest BCUT2D eigenvalue weighted by Crippen LogP contribution is 2.22. The average molecular weight is 345 g/mol. The highest BCUT2D eigenvalue weighted by atomic mass is 32.1. The summed E-state index contributed by atoms with van der Waals surface area (Å²) in [6.45, 7) is 0.358. The van der Waals surface area contributed by atoms with E-state index in [0.29, 0.717) is 13.0 Å². The van der Waals surface area contributed by atoms with Gasteiger partial charge in [-0.05, 0) is 30.3 Å². The molecule has 122 valence electrons. The van der Waals surface area contributed by atoms with Crippen molar-refractivity contribution >= 4 is 17.2 Å². The van der Waals surface area contributed by atoms with Crippen molar-refractivity contribution in [3.05, 3.63) is 71.0 Å². The summed E-state index contributed by atoms with van der Waals surface area (Å²) in [5, 5.41) is 5.49. The second-order valence-electron chi connectivity index (χ2n) is 5.01. The van der Waals surface area contributed by atoms with E-state index in [4.69, 9.17) is 0 Å². The van der Waals surface area contributed by atoms with Gasteiger partial charge in [-0.2, -0.15) is 0 Å². The number of amides is 1.